The van der Waals surface area contributed by atoms with E-state index in [-0.39, 0.29) is 29.7 Å². The van der Waals surface area contributed by atoms with Crippen LogP contribution in [0.4, 0.5) is 18.9 Å². The van der Waals surface area contributed by atoms with Crippen molar-refractivity contribution >= 4 is 23.6 Å². The first-order valence-corrected chi connectivity index (χ1v) is 8.90. The fourth-order valence-electron chi connectivity index (χ4n) is 2.40. The molecule has 2 aromatic rings. The molecule has 0 heterocycles. The Morgan fingerprint density at radius 1 is 0.893 bits per heavy atom. The van der Waals surface area contributed by atoms with E-state index in [0.29, 0.717) is 19.4 Å². The number of nitrogens with one attached hydrogen (secondary N) is 2. The van der Waals surface area contributed by atoms with Crippen molar-refractivity contribution in [3.63, 3.8) is 0 Å². The number of benzene rings is 2. The Kier molecular flexibility index (Phi) is 8.27. The van der Waals surface area contributed by atoms with Crippen LogP contribution in [0.25, 0.3) is 6.08 Å². The van der Waals surface area contributed by atoms with E-state index in [2.05, 4.69) is 10.6 Å². The number of amides is 2. The van der Waals surface area contributed by atoms with Crippen molar-refractivity contribution in [2.24, 2.45) is 0 Å². The first-order chi connectivity index (χ1) is 13.4. The molecule has 0 spiro atoms. The summed E-state index contributed by atoms with van der Waals surface area (Å²) in [7, 11) is 0. The Balaban J connectivity index is 1.57. The molecule has 0 saturated heterocycles. The Hall–Kier alpha value is -3.09. The van der Waals surface area contributed by atoms with Crippen LogP contribution in [0, 0.1) is 17.5 Å². The highest BCUT2D eigenvalue weighted by Gasteiger charge is 2.06. The van der Waals surface area contributed by atoms with Crippen molar-refractivity contribution in [3.05, 3.63) is 71.6 Å². The van der Waals surface area contributed by atoms with Gasteiger partial charge in [0.1, 0.15) is 5.82 Å². The van der Waals surface area contributed by atoms with Crippen LogP contribution in [0.5, 0.6) is 0 Å². The SMILES string of the molecule is O=C(/C=C/c1ccc(F)cc1)NCCCCCC(=O)Nc1ccc(F)c(F)c1. The van der Waals surface area contributed by atoms with E-state index < -0.39 is 11.6 Å². The molecule has 28 heavy (non-hydrogen) atoms. The highest BCUT2D eigenvalue weighted by molar-refractivity contribution is 5.91. The molecule has 2 aromatic carbocycles. The lowest BCUT2D eigenvalue weighted by atomic mass is 10.2. The number of halogens is 3. The van der Waals surface area contributed by atoms with E-state index in [0.717, 1.165) is 24.1 Å². The summed E-state index contributed by atoms with van der Waals surface area (Å²) in [6, 6.07) is 8.97. The van der Waals surface area contributed by atoms with Gasteiger partial charge in [-0.1, -0.05) is 18.6 Å². The van der Waals surface area contributed by atoms with Gasteiger partial charge in [-0.15, -0.1) is 0 Å². The van der Waals surface area contributed by atoms with E-state index in [4.69, 9.17) is 0 Å². The number of carbonyl (C=O) groups excluding carboxylic acids is 2. The zero-order valence-electron chi connectivity index (χ0n) is 15.2. The Labute approximate surface area is 161 Å². The molecule has 4 nitrogen and oxygen atoms in total. The molecule has 0 saturated carbocycles. The predicted molar refractivity (Wildman–Crippen MR) is 102 cm³/mol. The molecule has 0 aliphatic carbocycles. The lowest BCUT2D eigenvalue weighted by Crippen LogP contribution is -2.22. The molecule has 2 rings (SSSR count). The summed E-state index contributed by atoms with van der Waals surface area (Å²) in [5.74, 6) is -2.84. The van der Waals surface area contributed by atoms with Crippen molar-refractivity contribution in [1.82, 2.24) is 5.32 Å². The Morgan fingerprint density at radius 2 is 1.64 bits per heavy atom. The summed E-state index contributed by atoms with van der Waals surface area (Å²) in [5, 5.41) is 5.23. The summed E-state index contributed by atoms with van der Waals surface area (Å²) < 4.78 is 38.7. The van der Waals surface area contributed by atoms with Gasteiger partial charge in [-0.2, -0.15) is 0 Å². The second-order valence-corrected chi connectivity index (χ2v) is 6.16. The molecule has 0 aliphatic heterocycles. The zero-order chi connectivity index (χ0) is 20.4. The van der Waals surface area contributed by atoms with Crippen molar-refractivity contribution in [2.45, 2.75) is 25.7 Å². The maximum absolute atomic E-state index is 13.1. The molecule has 2 N–H and O–H groups in total. The van der Waals surface area contributed by atoms with Crippen LogP contribution in [-0.2, 0) is 9.59 Å². The Morgan fingerprint density at radius 3 is 2.36 bits per heavy atom. The molecule has 0 unspecified atom stereocenters. The number of carbonyl (C=O) groups is 2. The predicted octanol–water partition coefficient (Wildman–Crippen LogP) is 4.43. The van der Waals surface area contributed by atoms with Crippen LogP contribution in [-0.4, -0.2) is 18.4 Å². The van der Waals surface area contributed by atoms with Gasteiger partial charge in [0.2, 0.25) is 11.8 Å². The number of unbranched alkanes of at least 4 members (excludes halogenated alkanes) is 2. The summed E-state index contributed by atoms with van der Waals surface area (Å²) in [6.07, 6.45) is 5.26. The van der Waals surface area contributed by atoms with Gasteiger partial charge in [-0.25, -0.2) is 13.2 Å². The lowest BCUT2D eigenvalue weighted by Gasteiger charge is -2.06. The van der Waals surface area contributed by atoms with Crippen LogP contribution < -0.4 is 10.6 Å². The second-order valence-electron chi connectivity index (χ2n) is 6.16. The maximum atomic E-state index is 13.1. The van der Waals surface area contributed by atoms with Crippen LogP contribution in [0.1, 0.15) is 31.2 Å². The fourth-order valence-corrected chi connectivity index (χ4v) is 2.40. The molecule has 0 bridgehead atoms. The van der Waals surface area contributed by atoms with E-state index in [1.165, 1.54) is 24.3 Å². The van der Waals surface area contributed by atoms with Crippen LogP contribution >= 0.6 is 0 Å². The molecule has 0 aliphatic rings. The molecule has 0 atom stereocenters. The van der Waals surface area contributed by atoms with Crippen LogP contribution in [0.3, 0.4) is 0 Å². The van der Waals surface area contributed by atoms with Gasteiger partial charge in [-0.3, -0.25) is 9.59 Å². The zero-order valence-corrected chi connectivity index (χ0v) is 15.2. The number of rotatable bonds is 9. The topological polar surface area (TPSA) is 58.2 Å². The Bertz CT molecular complexity index is 836. The molecular formula is C21H21F3N2O2. The average Bonchev–Trinajstić information content (AvgIpc) is 2.67. The minimum Gasteiger partial charge on any atom is -0.353 e. The summed E-state index contributed by atoms with van der Waals surface area (Å²) >= 11 is 0. The van der Waals surface area contributed by atoms with Gasteiger partial charge < -0.3 is 10.6 Å². The minimum absolute atomic E-state index is 0.212. The van der Waals surface area contributed by atoms with Gasteiger partial charge >= 0.3 is 0 Å². The van der Waals surface area contributed by atoms with Gasteiger partial charge in [0.05, 0.1) is 0 Å². The number of anilines is 1. The molecule has 148 valence electrons. The average molecular weight is 390 g/mol. The first kappa shape index (κ1) is 21.2. The largest absolute Gasteiger partial charge is 0.353 e. The molecular weight excluding hydrogens is 369 g/mol. The molecule has 2 amide bonds. The fraction of sp³-hybridized carbons (Fsp3) is 0.238. The lowest BCUT2D eigenvalue weighted by molar-refractivity contribution is -0.117. The second kappa shape index (κ2) is 10.9. The van der Waals surface area contributed by atoms with E-state index >= 15 is 0 Å². The maximum Gasteiger partial charge on any atom is 0.243 e. The van der Waals surface area contributed by atoms with Gasteiger partial charge in [0.15, 0.2) is 11.6 Å². The van der Waals surface area contributed by atoms with Crippen LogP contribution in [0.15, 0.2) is 48.5 Å². The third-order valence-electron chi connectivity index (χ3n) is 3.88. The summed E-state index contributed by atoms with van der Waals surface area (Å²) in [6.45, 7) is 0.470. The minimum atomic E-state index is -1.01. The van der Waals surface area contributed by atoms with Crippen molar-refractivity contribution in [3.8, 4) is 0 Å². The van der Waals surface area contributed by atoms with Crippen molar-refractivity contribution < 1.29 is 22.8 Å². The smallest absolute Gasteiger partial charge is 0.243 e. The quantitative estimate of drug-likeness (QED) is 0.492. The molecule has 7 heteroatoms. The molecule has 0 fully saturated rings. The third kappa shape index (κ3) is 7.65. The third-order valence-corrected chi connectivity index (χ3v) is 3.88. The standard InChI is InChI=1S/C21H21F3N2O2/c22-16-8-5-15(6-9-16)7-12-20(27)25-13-3-1-2-4-21(28)26-17-10-11-18(23)19(24)14-17/h5-12,14H,1-4,13H2,(H,25,27)(H,26,28)/b12-7+. The monoisotopic (exact) mass is 390 g/mol. The van der Waals surface area contributed by atoms with Gasteiger partial charge in [-0.05, 0) is 48.7 Å². The van der Waals surface area contributed by atoms with E-state index in [1.807, 2.05) is 0 Å². The highest BCUT2D eigenvalue weighted by atomic mass is 19.2. The molecule has 0 radical (unpaired) electrons. The van der Waals surface area contributed by atoms with Crippen molar-refractivity contribution in [2.75, 3.05) is 11.9 Å². The summed E-state index contributed by atoms with van der Waals surface area (Å²) in [5.41, 5.74) is 0.938. The van der Waals surface area contributed by atoms with Crippen LogP contribution in [0.2, 0.25) is 0 Å². The van der Waals surface area contributed by atoms with E-state index in [9.17, 15) is 22.8 Å². The van der Waals surface area contributed by atoms with Gasteiger partial charge in [0.25, 0.3) is 0 Å². The normalized spacial score (nSPS) is 10.8. The summed E-state index contributed by atoms with van der Waals surface area (Å²) in [4.78, 5) is 23.4. The highest BCUT2D eigenvalue weighted by Crippen LogP contribution is 2.13. The van der Waals surface area contributed by atoms with Crippen molar-refractivity contribution in [1.29, 1.82) is 0 Å². The number of hydrogen-bond acceptors (Lipinski definition) is 2. The molecule has 0 aromatic heterocycles. The first-order valence-electron chi connectivity index (χ1n) is 8.90. The van der Waals surface area contributed by atoms with E-state index in [1.54, 1.807) is 18.2 Å². The van der Waals surface area contributed by atoms with Gasteiger partial charge in [0, 0.05) is 30.8 Å². The number of hydrogen-bond donors (Lipinski definition) is 2.